The lowest BCUT2D eigenvalue weighted by atomic mass is 9.77. The zero-order valence-corrected chi connectivity index (χ0v) is 10.2. The molecule has 0 unspecified atom stereocenters. The number of hydrogen-bond acceptors (Lipinski definition) is 2. The molecule has 15 heavy (non-hydrogen) atoms. The average Bonchev–Trinajstić information content (AvgIpc) is 2.81. The third-order valence-corrected chi connectivity index (χ3v) is 6.18. The van der Waals surface area contributed by atoms with Crippen LogP contribution < -0.4 is 0 Å². The smallest absolute Gasteiger partial charge is 0.0801 e. The van der Waals surface area contributed by atoms with E-state index in [0.717, 1.165) is 5.92 Å². The molecule has 3 heteroatoms. The highest BCUT2D eigenvalue weighted by atomic mass is 79.9. The van der Waals surface area contributed by atoms with E-state index in [2.05, 4.69) is 22.0 Å². The normalized spacial score (nSPS) is 61.3. The van der Waals surface area contributed by atoms with Crippen LogP contribution in [0.5, 0.6) is 0 Å². The van der Waals surface area contributed by atoms with Gasteiger partial charge in [0.1, 0.15) is 0 Å². The molecule has 3 fully saturated rings. The van der Waals surface area contributed by atoms with Crippen molar-refractivity contribution < 1.29 is 9.84 Å². The molecule has 2 bridgehead atoms. The van der Waals surface area contributed by atoms with E-state index in [9.17, 15) is 5.11 Å². The average molecular weight is 271 g/mol. The third-order valence-electron chi connectivity index (χ3n) is 4.98. The molecule has 8 atom stereocenters. The molecule has 4 aliphatic rings. The maximum absolute atomic E-state index is 9.81. The van der Waals surface area contributed by atoms with Crippen LogP contribution in [0.4, 0.5) is 0 Å². The van der Waals surface area contributed by atoms with Gasteiger partial charge in [-0.15, -0.1) is 0 Å². The second-order valence-corrected chi connectivity index (χ2v) is 6.58. The second-order valence-electron chi connectivity index (χ2n) is 5.52. The highest BCUT2D eigenvalue weighted by Crippen LogP contribution is 2.66. The molecule has 82 valence electrons. The molecule has 0 aromatic rings. The van der Waals surface area contributed by atoms with E-state index < -0.39 is 0 Å². The Morgan fingerprint density at radius 3 is 3.07 bits per heavy atom. The summed E-state index contributed by atoms with van der Waals surface area (Å²) in [6.45, 7) is 1.89. The van der Waals surface area contributed by atoms with Gasteiger partial charge in [-0.05, 0) is 36.7 Å². The number of fused-ring (bicyclic) bond motifs is 2. The van der Waals surface area contributed by atoms with Crippen molar-refractivity contribution in [1.82, 2.24) is 0 Å². The lowest BCUT2D eigenvalue weighted by Crippen LogP contribution is -2.35. The van der Waals surface area contributed by atoms with Crippen LogP contribution in [0.1, 0.15) is 13.3 Å². The fraction of sp³-hybridized carbons (Fsp3) is 0.833. The standard InChI is InChI=1S/C12H15BrO2/c1-4(14)5-3-8-10-7-2-6(9(5)10)11(13)12(7)15-8/h3-4,6-12,14H,2H2,1H3/t4-,6+,7-,8+,9-,10+,11+,12+/m1/s1. The molecule has 0 aromatic carbocycles. The highest BCUT2D eigenvalue weighted by molar-refractivity contribution is 9.09. The maximum atomic E-state index is 9.81. The summed E-state index contributed by atoms with van der Waals surface area (Å²) in [6, 6.07) is 0. The quantitative estimate of drug-likeness (QED) is 0.581. The van der Waals surface area contributed by atoms with Crippen molar-refractivity contribution in [3.63, 3.8) is 0 Å². The van der Waals surface area contributed by atoms with E-state index in [-0.39, 0.29) is 6.10 Å². The van der Waals surface area contributed by atoms with E-state index in [1.54, 1.807) is 0 Å². The fourth-order valence-electron chi connectivity index (χ4n) is 4.57. The minimum absolute atomic E-state index is 0.290. The van der Waals surface area contributed by atoms with Gasteiger partial charge in [-0.1, -0.05) is 22.0 Å². The second kappa shape index (κ2) is 2.69. The van der Waals surface area contributed by atoms with E-state index >= 15 is 0 Å². The first-order valence-electron chi connectivity index (χ1n) is 5.87. The summed E-state index contributed by atoms with van der Waals surface area (Å²) >= 11 is 3.79. The van der Waals surface area contributed by atoms with Gasteiger partial charge in [-0.25, -0.2) is 0 Å². The molecule has 1 saturated heterocycles. The summed E-state index contributed by atoms with van der Waals surface area (Å²) in [4.78, 5) is 0.524. The summed E-state index contributed by atoms with van der Waals surface area (Å²) in [5.41, 5.74) is 1.25. The summed E-state index contributed by atoms with van der Waals surface area (Å²) in [5, 5.41) is 9.81. The Bertz CT molecular complexity index is 352. The fourth-order valence-corrected chi connectivity index (χ4v) is 5.63. The first-order valence-corrected chi connectivity index (χ1v) is 6.79. The third kappa shape index (κ3) is 0.899. The molecule has 1 N–H and O–H groups in total. The van der Waals surface area contributed by atoms with E-state index in [1.165, 1.54) is 12.0 Å². The number of rotatable bonds is 1. The topological polar surface area (TPSA) is 29.5 Å². The van der Waals surface area contributed by atoms with E-state index in [0.29, 0.717) is 34.8 Å². The van der Waals surface area contributed by atoms with Crippen molar-refractivity contribution in [2.75, 3.05) is 0 Å². The van der Waals surface area contributed by atoms with E-state index in [1.807, 2.05) is 6.92 Å². The molecular formula is C12H15BrO2. The lowest BCUT2D eigenvalue weighted by Gasteiger charge is -2.31. The molecule has 3 aliphatic carbocycles. The molecule has 2 nitrogen and oxygen atoms in total. The van der Waals surface area contributed by atoms with Crippen molar-refractivity contribution >= 4 is 15.9 Å². The van der Waals surface area contributed by atoms with Crippen molar-refractivity contribution in [1.29, 1.82) is 0 Å². The molecule has 1 aliphatic heterocycles. The molecule has 1 heterocycles. The molecule has 0 spiro atoms. The zero-order chi connectivity index (χ0) is 10.3. The van der Waals surface area contributed by atoms with Crippen LogP contribution in [0.3, 0.4) is 0 Å². The number of ether oxygens (including phenoxy) is 1. The molecule has 0 radical (unpaired) electrons. The number of aliphatic hydroxyl groups excluding tert-OH is 1. The van der Waals surface area contributed by atoms with Crippen LogP contribution in [0.15, 0.2) is 11.6 Å². The molecule has 2 saturated carbocycles. The van der Waals surface area contributed by atoms with Crippen LogP contribution in [0.2, 0.25) is 0 Å². The predicted octanol–water partition coefficient (Wildman–Crippen LogP) is 1.72. The molecule has 0 aromatic heterocycles. The van der Waals surface area contributed by atoms with Crippen molar-refractivity contribution in [2.24, 2.45) is 23.7 Å². The maximum Gasteiger partial charge on any atom is 0.0801 e. The van der Waals surface area contributed by atoms with Gasteiger partial charge in [0.15, 0.2) is 0 Å². The van der Waals surface area contributed by atoms with Gasteiger partial charge in [0.2, 0.25) is 0 Å². The summed E-state index contributed by atoms with van der Waals surface area (Å²) in [6.07, 6.45) is 3.98. The Labute approximate surface area is 97.8 Å². The molecule has 0 amide bonds. The van der Waals surface area contributed by atoms with Crippen LogP contribution >= 0.6 is 15.9 Å². The number of hydrogen-bond donors (Lipinski definition) is 1. The lowest BCUT2D eigenvalue weighted by molar-refractivity contribution is 0.0685. The Morgan fingerprint density at radius 2 is 2.33 bits per heavy atom. The van der Waals surface area contributed by atoms with Gasteiger partial charge in [0.05, 0.1) is 18.3 Å². The number of aliphatic hydroxyl groups is 1. The Kier molecular flexibility index (Phi) is 1.65. The van der Waals surface area contributed by atoms with Crippen LogP contribution in [0.25, 0.3) is 0 Å². The summed E-state index contributed by atoms with van der Waals surface area (Å²) in [7, 11) is 0. The zero-order valence-electron chi connectivity index (χ0n) is 8.64. The Hall–Kier alpha value is 0.140. The van der Waals surface area contributed by atoms with Gasteiger partial charge in [0.25, 0.3) is 0 Å². The SMILES string of the molecule is C[C@@H](O)C1=C[C@@H]2O[C@@H]3[C@@H](Br)[C@H]4C[C@@H]3[C@@H]2[C@H]14. The van der Waals surface area contributed by atoms with Crippen LogP contribution in [-0.2, 0) is 4.74 Å². The largest absolute Gasteiger partial charge is 0.389 e. The van der Waals surface area contributed by atoms with Gasteiger partial charge in [-0.2, -0.15) is 0 Å². The Morgan fingerprint density at radius 1 is 1.53 bits per heavy atom. The minimum atomic E-state index is -0.290. The monoisotopic (exact) mass is 270 g/mol. The van der Waals surface area contributed by atoms with Gasteiger partial charge < -0.3 is 9.84 Å². The van der Waals surface area contributed by atoms with Crippen LogP contribution in [-0.4, -0.2) is 28.2 Å². The van der Waals surface area contributed by atoms with E-state index in [4.69, 9.17) is 4.74 Å². The van der Waals surface area contributed by atoms with Crippen molar-refractivity contribution in [3.8, 4) is 0 Å². The predicted molar refractivity (Wildman–Crippen MR) is 59.7 cm³/mol. The van der Waals surface area contributed by atoms with Gasteiger partial charge in [-0.3, -0.25) is 0 Å². The summed E-state index contributed by atoms with van der Waals surface area (Å²) in [5.74, 6) is 2.75. The minimum Gasteiger partial charge on any atom is -0.389 e. The van der Waals surface area contributed by atoms with Gasteiger partial charge in [0, 0.05) is 10.7 Å². The molecular weight excluding hydrogens is 256 g/mol. The van der Waals surface area contributed by atoms with Crippen LogP contribution in [0, 0.1) is 23.7 Å². The number of halogens is 1. The first-order chi connectivity index (χ1) is 7.18. The number of alkyl halides is 1. The first kappa shape index (κ1) is 9.20. The van der Waals surface area contributed by atoms with Crippen molar-refractivity contribution in [3.05, 3.63) is 11.6 Å². The molecule has 4 rings (SSSR count). The Balaban J connectivity index is 1.82. The highest BCUT2D eigenvalue weighted by Gasteiger charge is 2.67. The van der Waals surface area contributed by atoms with Gasteiger partial charge >= 0.3 is 0 Å². The summed E-state index contributed by atoms with van der Waals surface area (Å²) < 4.78 is 6.09. The van der Waals surface area contributed by atoms with Crippen molar-refractivity contribution in [2.45, 2.75) is 36.5 Å².